The summed E-state index contributed by atoms with van der Waals surface area (Å²) in [4.78, 5) is 14.0. The maximum atomic E-state index is 12.5. The normalized spacial score (nSPS) is 20.8. The molecule has 2 aliphatic rings. The van der Waals surface area contributed by atoms with Gasteiger partial charge in [0, 0.05) is 19.5 Å². The van der Waals surface area contributed by atoms with Crippen LogP contribution in [0, 0.1) is 5.92 Å². The fourth-order valence-corrected chi connectivity index (χ4v) is 3.27. The molecule has 132 valence electrons. The number of hydrogen-bond donors (Lipinski definition) is 0. The minimum atomic E-state index is -4.17. The Kier molecular flexibility index (Phi) is 4.87. The van der Waals surface area contributed by atoms with Gasteiger partial charge < -0.3 is 14.4 Å². The summed E-state index contributed by atoms with van der Waals surface area (Å²) >= 11 is 0. The van der Waals surface area contributed by atoms with Crippen LogP contribution in [-0.2, 0) is 11.2 Å². The molecular weight excluding hydrogens is 323 g/mol. The van der Waals surface area contributed by atoms with Crippen LogP contribution in [0.2, 0.25) is 0 Å². The Morgan fingerprint density at radius 1 is 1.21 bits per heavy atom. The minimum absolute atomic E-state index is 0.140. The van der Waals surface area contributed by atoms with Crippen molar-refractivity contribution in [1.29, 1.82) is 0 Å². The summed E-state index contributed by atoms with van der Waals surface area (Å²) < 4.78 is 48.6. The Bertz CT molecular complexity index is 603. The Balaban J connectivity index is 1.60. The number of rotatable bonds is 3. The average Bonchev–Trinajstić information content (AvgIpc) is 2.53. The van der Waals surface area contributed by atoms with E-state index in [4.69, 9.17) is 9.47 Å². The second kappa shape index (κ2) is 6.91. The van der Waals surface area contributed by atoms with Gasteiger partial charge in [0.05, 0.1) is 6.42 Å². The van der Waals surface area contributed by atoms with Crippen molar-refractivity contribution in [3.63, 3.8) is 0 Å². The molecule has 1 unspecified atom stereocenters. The number of benzene rings is 1. The third kappa shape index (κ3) is 4.33. The first-order valence-corrected chi connectivity index (χ1v) is 8.14. The lowest BCUT2D eigenvalue weighted by molar-refractivity contribution is -0.152. The van der Waals surface area contributed by atoms with Crippen molar-refractivity contribution in [3.05, 3.63) is 23.8 Å². The topological polar surface area (TPSA) is 38.8 Å². The standard InChI is InChI=1S/C17H20F3NO3/c18-17(19,20)10-13-2-1-5-21(11-13)16(22)9-12-3-4-14-15(8-12)24-7-6-23-14/h3-4,8,13H,1-2,5-7,9-11H2. The number of halogens is 3. The molecule has 0 bridgehead atoms. The van der Waals surface area contributed by atoms with E-state index in [1.807, 2.05) is 0 Å². The van der Waals surface area contributed by atoms with E-state index in [2.05, 4.69) is 0 Å². The predicted octanol–water partition coefficient (Wildman–Crippen LogP) is 3.19. The second-order valence-corrected chi connectivity index (χ2v) is 6.32. The molecule has 24 heavy (non-hydrogen) atoms. The Hall–Kier alpha value is -1.92. The summed E-state index contributed by atoms with van der Waals surface area (Å²) in [6.07, 6.45) is -3.69. The minimum Gasteiger partial charge on any atom is -0.486 e. The molecule has 0 aliphatic carbocycles. The molecule has 0 N–H and O–H groups in total. The van der Waals surface area contributed by atoms with Gasteiger partial charge in [0.25, 0.3) is 0 Å². The quantitative estimate of drug-likeness (QED) is 0.846. The first-order valence-electron chi connectivity index (χ1n) is 8.14. The van der Waals surface area contributed by atoms with E-state index in [0.29, 0.717) is 44.1 Å². The highest BCUT2D eigenvalue weighted by Gasteiger charge is 2.34. The van der Waals surface area contributed by atoms with Gasteiger partial charge in [-0.05, 0) is 36.5 Å². The summed E-state index contributed by atoms with van der Waals surface area (Å²) in [5, 5.41) is 0. The Morgan fingerprint density at radius 2 is 1.96 bits per heavy atom. The summed E-state index contributed by atoms with van der Waals surface area (Å²) in [5.74, 6) is 0.627. The predicted molar refractivity (Wildman–Crippen MR) is 81.1 cm³/mol. The van der Waals surface area contributed by atoms with Crippen LogP contribution in [0.15, 0.2) is 18.2 Å². The maximum absolute atomic E-state index is 12.5. The van der Waals surface area contributed by atoms with E-state index in [9.17, 15) is 18.0 Å². The van der Waals surface area contributed by atoms with Gasteiger partial charge in [-0.25, -0.2) is 0 Å². The molecule has 1 saturated heterocycles. The molecule has 1 atom stereocenters. The van der Waals surface area contributed by atoms with E-state index >= 15 is 0 Å². The number of nitrogens with zero attached hydrogens (tertiary/aromatic N) is 1. The van der Waals surface area contributed by atoms with Crippen LogP contribution in [0.25, 0.3) is 0 Å². The highest BCUT2D eigenvalue weighted by Crippen LogP contribution is 2.32. The van der Waals surface area contributed by atoms with Crippen molar-refractivity contribution >= 4 is 5.91 Å². The molecule has 0 radical (unpaired) electrons. The first-order chi connectivity index (χ1) is 11.4. The van der Waals surface area contributed by atoms with Gasteiger partial charge in [-0.3, -0.25) is 4.79 Å². The highest BCUT2D eigenvalue weighted by atomic mass is 19.4. The van der Waals surface area contributed by atoms with E-state index in [-0.39, 0.29) is 18.9 Å². The van der Waals surface area contributed by atoms with E-state index in [1.54, 1.807) is 23.1 Å². The average molecular weight is 343 g/mol. The molecule has 2 heterocycles. The number of ether oxygens (including phenoxy) is 2. The third-order valence-corrected chi connectivity index (χ3v) is 4.35. The van der Waals surface area contributed by atoms with Gasteiger partial charge in [-0.2, -0.15) is 13.2 Å². The number of carbonyl (C=O) groups excluding carboxylic acids is 1. The van der Waals surface area contributed by atoms with Gasteiger partial charge in [-0.1, -0.05) is 6.07 Å². The summed E-state index contributed by atoms with van der Waals surface area (Å²) in [6, 6.07) is 5.33. The Labute approximate surface area is 138 Å². The van der Waals surface area contributed by atoms with E-state index in [0.717, 1.165) is 5.56 Å². The number of likely N-dealkylation sites (tertiary alicyclic amines) is 1. The van der Waals surface area contributed by atoms with Crippen molar-refractivity contribution in [2.45, 2.75) is 31.9 Å². The highest BCUT2D eigenvalue weighted by molar-refractivity contribution is 5.79. The van der Waals surface area contributed by atoms with Crippen LogP contribution in [-0.4, -0.2) is 43.3 Å². The van der Waals surface area contributed by atoms with Crippen molar-refractivity contribution in [3.8, 4) is 11.5 Å². The van der Waals surface area contributed by atoms with Crippen LogP contribution in [0.4, 0.5) is 13.2 Å². The van der Waals surface area contributed by atoms with Gasteiger partial charge in [-0.15, -0.1) is 0 Å². The zero-order chi connectivity index (χ0) is 17.2. The number of carbonyl (C=O) groups is 1. The van der Waals surface area contributed by atoms with Crippen LogP contribution in [0.3, 0.4) is 0 Å². The van der Waals surface area contributed by atoms with Gasteiger partial charge in [0.15, 0.2) is 11.5 Å². The van der Waals surface area contributed by atoms with Crippen molar-refractivity contribution in [2.24, 2.45) is 5.92 Å². The molecule has 0 spiro atoms. The molecule has 1 aromatic rings. The fraction of sp³-hybridized carbons (Fsp3) is 0.588. The van der Waals surface area contributed by atoms with E-state index in [1.165, 1.54) is 0 Å². The summed E-state index contributed by atoms with van der Waals surface area (Å²) in [5.41, 5.74) is 0.780. The lowest BCUT2D eigenvalue weighted by atomic mass is 9.94. The van der Waals surface area contributed by atoms with E-state index < -0.39 is 18.5 Å². The van der Waals surface area contributed by atoms with Gasteiger partial charge in [0.2, 0.25) is 5.91 Å². The third-order valence-electron chi connectivity index (χ3n) is 4.35. The molecule has 1 amide bonds. The van der Waals surface area contributed by atoms with Crippen LogP contribution >= 0.6 is 0 Å². The van der Waals surface area contributed by atoms with Gasteiger partial charge in [0.1, 0.15) is 13.2 Å². The smallest absolute Gasteiger partial charge is 0.389 e. The fourth-order valence-electron chi connectivity index (χ4n) is 3.27. The van der Waals surface area contributed by atoms with Crippen molar-refractivity contribution in [1.82, 2.24) is 4.90 Å². The first kappa shape index (κ1) is 16.9. The molecule has 2 aliphatic heterocycles. The molecule has 1 fully saturated rings. The summed E-state index contributed by atoms with van der Waals surface area (Å²) in [6.45, 7) is 1.68. The van der Waals surface area contributed by atoms with Crippen LogP contribution < -0.4 is 9.47 Å². The SMILES string of the molecule is O=C(Cc1ccc2c(c1)OCCO2)N1CCCC(CC(F)(F)F)C1. The molecular formula is C17H20F3NO3. The number of hydrogen-bond acceptors (Lipinski definition) is 3. The Morgan fingerprint density at radius 3 is 2.71 bits per heavy atom. The molecule has 3 rings (SSSR count). The zero-order valence-corrected chi connectivity index (χ0v) is 13.3. The lowest BCUT2D eigenvalue weighted by Gasteiger charge is -2.33. The monoisotopic (exact) mass is 343 g/mol. The van der Waals surface area contributed by atoms with Crippen molar-refractivity contribution < 1.29 is 27.4 Å². The van der Waals surface area contributed by atoms with Gasteiger partial charge >= 0.3 is 6.18 Å². The number of alkyl halides is 3. The molecule has 7 heteroatoms. The lowest BCUT2D eigenvalue weighted by Crippen LogP contribution is -2.41. The maximum Gasteiger partial charge on any atom is 0.389 e. The summed E-state index contributed by atoms with van der Waals surface area (Å²) in [7, 11) is 0. The molecule has 0 saturated carbocycles. The second-order valence-electron chi connectivity index (χ2n) is 6.32. The van der Waals surface area contributed by atoms with Crippen molar-refractivity contribution in [2.75, 3.05) is 26.3 Å². The molecule has 0 aromatic heterocycles. The number of fused-ring (bicyclic) bond motifs is 1. The molecule has 1 aromatic carbocycles. The zero-order valence-electron chi connectivity index (χ0n) is 13.3. The van der Waals surface area contributed by atoms with Crippen LogP contribution in [0.5, 0.6) is 11.5 Å². The largest absolute Gasteiger partial charge is 0.486 e. The molecule has 4 nitrogen and oxygen atoms in total. The van der Waals surface area contributed by atoms with Crippen LogP contribution in [0.1, 0.15) is 24.8 Å². The number of amides is 1. The number of piperidine rings is 1.